The molecule has 4 heteroatoms. The fourth-order valence-corrected chi connectivity index (χ4v) is 1.35. The van der Waals surface area contributed by atoms with Gasteiger partial charge in [-0.3, -0.25) is 0 Å². The van der Waals surface area contributed by atoms with Crippen molar-refractivity contribution in [3.8, 4) is 5.75 Å². The van der Waals surface area contributed by atoms with E-state index in [1.165, 1.54) is 0 Å². The van der Waals surface area contributed by atoms with E-state index < -0.39 is 0 Å². The first-order chi connectivity index (χ1) is 7.34. The summed E-state index contributed by atoms with van der Waals surface area (Å²) in [6, 6.07) is 17.5. The Morgan fingerprint density at radius 1 is 0.882 bits per heavy atom. The van der Waals surface area contributed by atoms with Crippen molar-refractivity contribution in [3.05, 3.63) is 60.2 Å². The zero-order valence-electron chi connectivity index (χ0n) is 9.28. The Morgan fingerprint density at radius 2 is 1.59 bits per heavy atom. The molecule has 0 saturated heterocycles. The molecule has 0 spiro atoms. The molecule has 0 bridgehead atoms. The summed E-state index contributed by atoms with van der Waals surface area (Å²) >= 11 is 0. The van der Waals surface area contributed by atoms with Gasteiger partial charge in [-0.25, -0.2) is 0 Å². The Hall–Kier alpha value is -1.78. The molecule has 0 aliphatic carbocycles. The first-order valence-corrected chi connectivity index (χ1v) is 4.87. The molecule has 0 radical (unpaired) electrons. The van der Waals surface area contributed by atoms with Gasteiger partial charge in [0.2, 0.25) is 0 Å². The minimum absolute atomic E-state index is 0. The van der Waals surface area contributed by atoms with E-state index in [-0.39, 0.29) is 11.0 Å². The van der Waals surface area contributed by atoms with Gasteiger partial charge in [0.05, 0.1) is 0 Å². The van der Waals surface area contributed by atoms with Crippen LogP contribution in [0.4, 0.5) is 0 Å². The maximum atomic E-state index is 5.65. The largest absolute Gasteiger partial charge is 0.870 e. The smallest absolute Gasteiger partial charge is 0.870 e. The van der Waals surface area contributed by atoms with Crippen LogP contribution in [0.3, 0.4) is 0 Å². The van der Waals surface area contributed by atoms with Gasteiger partial charge in [0, 0.05) is 0 Å². The van der Waals surface area contributed by atoms with Crippen LogP contribution >= 0.6 is 0 Å². The van der Waals surface area contributed by atoms with Crippen LogP contribution < -0.4 is 10.2 Å². The first-order valence-electron chi connectivity index (χ1n) is 4.87. The van der Waals surface area contributed by atoms with Gasteiger partial charge in [-0.05, 0) is 0 Å². The van der Waals surface area contributed by atoms with Crippen molar-refractivity contribution >= 4 is 13.3 Å². The molecule has 2 aromatic rings. The molecule has 0 fully saturated rings. The van der Waals surface area contributed by atoms with E-state index >= 15 is 0 Å². The van der Waals surface area contributed by atoms with Gasteiger partial charge in [-0.15, -0.1) is 0 Å². The summed E-state index contributed by atoms with van der Waals surface area (Å²) in [5.74, 6) is 0.804. The first kappa shape index (κ1) is 15.2. The van der Waals surface area contributed by atoms with Crippen molar-refractivity contribution in [2.45, 2.75) is 6.61 Å². The van der Waals surface area contributed by atoms with Crippen molar-refractivity contribution < 1.29 is 15.7 Å². The van der Waals surface area contributed by atoms with Crippen molar-refractivity contribution in [3.63, 3.8) is 0 Å². The van der Waals surface area contributed by atoms with E-state index in [1.807, 2.05) is 54.6 Å². The average molecular weight is 228 g/mol. The Bertz CT molecular complexity index is 432. The predicted octanol–water partition coefficient (Wildman–Crippen LogP) is 1.71. The quantitative estimate of drug-likeness (QED) is 0.750. The molecule has 2 rings (SSSR count). The second-order valence-corrected chi connectivity index (χ2v) is 3.35. The fraction of sp³-hybridized carbons (Fsp3) is 0.0769. The topological polar surface area (TPSA) is 69.2 Å². The Balaban J connectivity index is 0.00000128. The summed E-state index contributed by atoms with van der Waals surface area (Å²) in [7, 11) is 5.65. The average Bonchev–Trinajstić information content (AvgIpc) is 2.28. The predicted molar refractivity (Wildman–Crippen MR) is 66.5 cm³/mol. The maximum absolute atomic E-state index is 5.65. The van der Waals surface area contributed by atoms with Crippen LogP contribution in [-0.2, 0) is 6.61 Å². The summed E-state index contributed by atoms with van der Waals surface area (Å²) in [6.07, 6.45) is 0. The van der Waals surface area contributed by atoms with E-state index in [4.69, 9.17) is 12.6 Å². The minimum atomic E-state index is 0. The van der Waals surface area contributed by atoms with Gasteiger partial charge in [-0.1, -0.05) is 0 Å². The molecule has 86 valence electrons. The van der Waals surface area contributed by atoms with Crippen LogP contribution in [0.15, 0.2) is 54.6 Å². The van der Waals surface area contributed by atoms with E-state index in [0.29, 0.717) is 6.61 Å². The van der Waals surface area contributed by atoms with Crippen molar-refractivity contribution in [1.29, 1.82) is 0 Å². The SMILES string of the molecule is [B+2]c1cccc(OCc2ccccc2)c1.[OH-].[OH-]. The molecule has 0 aliphatic heterocycles. The number of ether oxygens (including phenoxy) is 1. The van der Waals surface area contributed by atoms with Crippen LogP contribution in [0.25, 0.3) is 0 Å². The van der Waals surface area contributed by atoms with Crippen LogP contribution in [-0.4, -0.2) is 18.8 Å². The van der Waals surface area contributed by atoms with Crippen LogP contribution in [0, 0.1) is 0 Å². The molecule has 0 aliphatic rings. The Kier molecular flexibility index (Phi) is 6.71. The molecule has 0 unspecified atom stereocenters. The molecular formula is C13H13BO3. The second kappa shape index (κ2) is 7.49. The van der Waals surface area contributed by atoms with E-state index in [9.17, 15) is 0 Å². The molecular weight excluding hydrogens is 215 g/mol. The van der Waals surface area contributed by atoms with Crippen LogP contribution in [0.1, 0.15) is 5.56 Å². The zero-order chi connectivity index (χ0) is 10.5. The van der Waals surface area contributed by atoms with Crippen LogP contribution in [0.2, 0.25) is 0 Å². The summed E-state index contributed by atoms with van der Waals surface area (Å²) in [5, 5.41) is 0. The van der Waals surface area contributed by atoms with Gasteiger partial charge in [0.1, 0.15) is 0 Å². The Morgan fingerprint density at radius 3 is 2.24 bits per heavy atom. The minimum Gasteiger partial charge on any atom is -0.870 e. The molecule has 0 heterocycles. The molecule has 0 atom stereocenters. The third-order valence-electron chi connectivity index (χ3n) is 2.11. The summed E-state index contributed by atoms with van der Waals surface area (Å²) in [6.45, 7) is 0.574. The number of hydrogen-bond donors (Lipinski definition) is 0. The second-order valence-electron chi connectivity index (χ2n) is 3.35. The van der Waals surface area contributed by atoms with Crippen molar-refractivity contribution in [2.24, 2.45) is 0 Å². The molecule has 0 aromatic heterocycles. The van der Waals surface area contributed by atoms with E-state index in [2.05, 4.69) is 0 Å². The van der Waals surface area contributed by atoms with Gasteiger partial charge >= 0.3 is 90.6 Å². The van der Waals surface area contributed by atoms with E-state index in [1.54, 1.807) is 0 Å². The van der Waals surface area contributed by atoms with Gasteiger partial charge in [0.25, 0.3) is 0 Å². The third-order valence-corrected chi connectivity index (χ3v) is 2.11. The molecule has 2 aromatic carbocycles. The molecule has 0 amide bonds. The molecule has 3 nitrogen and oxygen atoms in total. The van der Waals surface area contributed by atoms with Gasteiger partial charge in [-0.2, -0.15) is 0 Å². The zero-order valence-corrected chi connectivity index (χ0v) is 9.28. The fourth-order valence-electron chi connectivity index (χ4n) is 1.35. The number of benzene rings is 2. The normalized spacial score (nSPS) is 8.82. The standard InChI is InChI=1S/C13H11BO.2H2O/c14-12-7-4-8-13(9-12)15-10-11-5-2-1-3-6-11;;/h1-9H,10H2;2*1H2/q+2;;/p-2. The van der Waals surface area contributed by atoms with Crippen molar-refractivity contribution in [2.75, 3.05) is 0 Å². The summed E-state index contributed by atoms with van der Waals surface area (Å²) in [4.78, 5) is 0. The van der Waals surface area contributed by atoms with Crippen LogP contribution in [0.5, 0.6) is 5.75 Å². The third kappa shape index (κ3) is 4.72. The molecule has 2 N–H and O–H groups in total. The molecule has 17 heavy (non-hydrogen) atoms. The summed E-state index contributed by atoms with van der Waals surface area (Å²) in [5.41, 5.74) is 1.88. The molecule has 0 saturated carbocycles. The van der Waals surface area contributed by atoms with Crippen molar-refractivity contribution in [1.82, 2.24) is 0 Å². The summed E-state index contributed by atoms with van der Waals surface area (Å²) < 4.78 is 5.59. The van der Waals surface area contributed by atoms with Gasteiger partial charge in [0.15, 0.2) is 0 Å². The number of rotatable bonds is 3. The monoisotopic (exact) mass is 228 g/mol. The van der Waals surface area contributed by atoms with E-state index in [0.717, 1.165) is 16.8 Å². The van der Waals surface area contributed by atoms with Gasteiger partial charge < -0.3 is 11.0 Å². The number of hydrogen-bond acceptors (Lipinski definition) is 3. The Labute approximate surface area is 102 Å². The maximum Gasteiger partial charge on any atom is -0.870 e.